The molecule has 1 aliphatic rings. The predicted molar refractivity (Wildman–Crippen MR) is 101 cm³/mol. The van der Waals surface area contributed by atoms with Gasteiger partial charge in [0.25, 0.3) is 5.91 Å². The Hall–Kier alpha value is -3.07. The van der Waals surface area contributed by atoms with Gasteiger partial charge in [0.1, 0.15) is 12.4 Å². The largest absolute Gasteiger partial charge is 0.493 e. The summed E-state index contributed by atoms with van der Waals surface area (Å²) in [5, 5.41) is 10.5. The van der Waals surface area contributed by atoms with Gasteiger partial charge in [0.2, 0.25) is 5.16 Å². The molecule has 2 heterocycles. The van der Waals surface area contributed by atoms with Crippen molar-refractivity contribution in [2.45, 2.75) is 18.3 Å². The molecular formula is C19H17FN4O3S. The maximum absolute atomic E-state index is 13.2. The van der Waals surface area contributed by atoms with Crippen molar-refractivity contribution in [3.05, 3.63) is 65.7 Å². The van der Waals surface area contributed by atoms with E-state index in [0.29, 0.717) is 22.5 Å². The van der Waals surface area contributed by atoms with Crippen molar-refractivity contribution in [3.8, 4) is 11.5 Å². The first-order valence-electron chi connectivity index (χ1n) is 8.53. The second-order valence-corrected chi connectivity index (χ2v) is 6.96. The quantitative estimate of drug-likeness (QED) is 0.634. The highest BCUT2D eigenvalue weighted by atomic mass is 32.2. The standard InChI is InChI=1S/C19H17FN4O3S/c1-26-15-4-2-3-5-16(15)27-11-17-21-22-19-24(17)23(18(25)12-28-19)10-13-6-8-14(20)9-7-13/h2-9H,10-12H2,1H3. The summed E-state index contributed by atoms with van der Waals surface area (Å²) in [6, 6.07) is 13.3. The van der Waals surface area contributed by atoms with Crippen molar-refractivity contribution >= 4 is 17.7 Å². The van der Waals surface area contributed by atoms with Crippen LogP contribution in [0.1, 0.15) is 11.4 Å². The van der Waals surface area contributed by atoms with Crippen molar-refractivity contribution < 1.29 is 18.7 Å². The Bertz CT molecular complexity index is 993. The van der Waals surface area contributed by atoms with Crippen LogP contribution in [0.3, 0.4) is 0 Å². The molecule has 0 saturated heterocycles. The highest BCUT2D eigenvalue weighted by Crippen LogP contribution is 2.28. The third-order valence-electron chi connectivity index (χ3n) is 4.20. The lowest BCUT2D eigenvalue weighted by atomic mass is 10.2. The molecule has 0 aliphatic carbocycles. The molecule has 144 valence electrons. The maximum atomic E-state index is 13.2. The lowest BCUT2D eigenvalue weighted by Crippen LogP contribution is -2.45. The fraction of sp³-hybridized carbons (Fsp3) is 0.211. The van der Waals surface area contributed by atoms with E-state index in [1.807, 2.05) is 12.1 Å². The SMILES string of the molecule is COc1ccccc1OCc1nnc2n1N(Cc1ccc(F)cc1)C(=O)CS2. The molecule has 1 aromatic heterocycles. The second kappa shape index (κ2) is 7.89. The minimum absolute atomic E-state index is 0.0832. The van der Waals surface area contributed by atoms with Gasteiger partial charge in [-0.25, -0.2) is 14.1 Å². The van der Waals surface area contributed by atoms with Crippen molar-refractivity contribution in [2.24, 2.45) is 0 Å². The molecule has 7 nitrogen and oxygen atoms in total. The Morgan fingerprint density at radius 3 is 2.61 bits per heavy atom. The lowest BCUT2D eigenvalue weighted by molar-refractivity contribution is -0.118. The number of methoxy groups -OCH3 is 1. The number of hydrogen-bond donors (Lipinski definition) is 0. The van der Waals surface area contributed by atoms with Crippen LogP contribution < -0.4 is 14.5 Å². The van der Waals surface area contributed by atoms with E-state index in [0.717, 1.165) is 5.56 Å². The topological polar surface area (TPSA) is 69.5 Å². The number of amides is 1. The minimum Gasteiger partial charge on any atom is -0.493 e. The number of benzene rings is 2. The lowest BCUT2D eigenvalue weighted by Gasteiger charge is -2.29. The molecule has 0 unspecified atom stereocenters. The molecule has 3 aromatic rings. The highest BCUT2D eigenvalue weighted by molar-refractivity contribution is 7.99. The van der Waals surface area contributed by atoms with Crippen molar-refractivity contribution in [1.29, 1.82) is 0 Å². The number of fused-ring (bicyclic) bond motifs is 1. The number of nitrogens with zero attached hydrogens (tertiary/aromatic N) is 4. The van der Waals surface area contributed by atoms with Crippen LogP contribution in [0.4, 0.5) is 4.39 Å². The molecule has 0 atom stereocenters. The molecule has 1 amide bonds. The van der Waals surface area contributed by atoms with E-state index in [4.69, 9.17) is 9.47 Å². The number of carbonyl (C=O) groups is 1. The van der Waals surface area contributed by atoms with Gasteiger partial charge < -0.3 is 9.47 Å². The van der Waals surface area contributed by atoms with Gasteiger partial charge in [-0.15, -0.1) is 10.2 Å². The van der Waals surface area contributed by atoms with E-state index in [1.54, 1.807) is 41.1 Å². The van der Waals surface area contributed by atoms with Gasteiger partial charge in [0.05, 0.1) is 19.4 Å². The number of carbonyl (C=O) groups excluding carboxylic acids is 1. The van der Waals surface area contributed by atoms with Crippen LogP contribution in [0.25, 0.3) is 0 Å². The van der Waals surface area contributed by atoms with E-state index >= 15 is 0 Å². The van der Waals surface area contributed by atoms with Crippen LogP contribution in [0.5, 0.6) is 11.5 Å². The van der Waals surface area contributed by atoms with Gasteiger partial charge in [-0.3, -0.25) is 4.79 Å². The number of aromatic nitrogens is 3. The molecule has 28 heavy (non-hydrogen) atoms. The molecule has 2 aromatic carbocycles. The maximum Gasteiger partial charge on any atom is 0.252 e. The molecular weight excluding hydrogens is 383 g/mol. The number of rotatable bonds is 6. The smallest absolute Gasteiger partial charge is 0.252 e. The summed E-state index contributed by atoms with van der Waals surface area (Å²) >= 11 is 1.32. The van der Waals surface area contributed by atoms with Gasteiger partial charge in [-0.05, 0) is 29.8 Å². The molecule has 0 saturated carbocycles. The van der Waals surface area contributed by atoms with E-state index in [9.17, 15) is 9.18 Å². The number of hydrogen-bond acceptors (Lipinski definition) is 6. The van der Waals surface area contributed by atoms with Crippen molar-refractivity contribution in [2.75, 3.05) is 17.9 Å². The van der Waals surface area contributed by atoms with Crippen molar-refractivity contribution in [3.63, 3.8) is 0 Å². The van der Waals surface area contributed by atoms with Gasteiger partial charge in [-0.2, -0.15) is 0 Å². The zero-order chi connectivity index (χ0) is 19.5. The summed E-state index contributed by atoms with van der Waals surface area (Å²) < 4.78 is 26.0. The molecule has 0 fully saturated rings. The number of thioether (sulfide) groups is 1. The summed E-state index contributed by atoms with van der Waals surface area (Å²) in [6.07, 6.45) is 0. The minimum atomic E-state index is -0.319. The van der Waals surface area contributed by atoms with Gasteiger partial charge >= 0.3 is 0 Å². The van der Waals surface area contributed by atoms with Gasteiger partial charge in [0, 0.05) is 0 Å². The number of halogens is 1. The third-order valence-corrected chi connectivity index (χ3v) is 5.11. The van der Waals surface area contributed by atoms with Crippen LogP contribution in [0.2, 0.25) is 0 Å². The van der Waals surface area contributed by atoms with Crippen molar-refractivity contribution in [1.82, 2.24) is 14.9 Å². The summed E-state index contributed by atoms with van der Waals surface area (Å²) in [6.45, 7) is 0.396. The number of ether oxygens (including phenoxy) is 2. The fourth-order valence-corrected chi connectivity index (χ4v) is 3.66. The summed E-state index contributed by atoms with van der Waals surface area (Å²) in [5.74, 6) is 1.53. The average Bonchev–Trinajstić information content (AvgIpc) is 3.13. The molecule has 0 radical (unpaired) electrons. The zero-order valence-corrected chi connectivity index (χ0v) is 15.9. The predicted octanol–water partition coefficient (Wildman–Crippen LogP) is 2.78. The Labute approximate surface area is 165 Å². The average molecular weight is 400 g/mol. The Morgan fingerprint density at radius 1 is 1.11 bits per heavy atom. The Balaban J connectivity index is 1.58. The van der Waals surface area contributed by atoms with Gasteiger partial charge in [-0.1, -0.05) is 36.0 Å². The van der Waals surface area contributed by atoms with E-state index in [-0.39, 0.29) is 30.6 Å². The van der Waals surface area contributed by atoms with E-state index in [2.05, 4.69) is 10.2 Å². The first-order valence-corrected chi connectivity index (χ1v) is 9.52. The van der Waals surface area contributed by atoms with E-state index in [1.165, 1.54) is 23.9 Å². The number of para-hydroxylation sites is 2. The van der Waals surface area contributed by atoms with Gasteiger partial charge in [0.15, 0.2) is 17.3 Å². The molecule has 0 bridgehead atoms. The van der Waals surface area contributed by atoms with Crippen LogP contribution in [0.15, 0.2) is 53.7 Å². The third kappa shape index (κ3) is 3.65. The van der Waals surface area contributed by atoms with Crippen LogP contribution in [-0.4, -0.2) is 33.6 Å². The second-order valence-electron chi connectivity index (χ2n) is 6.02. The highest BCUT2D eigenvalue weighted by Gasteiger charge is 2.29. The molecule has 0 N–H and O–H groups in total. The normalized spacial score (nSPS) is 13.4. The van der Waals surface area contributed by atoms with Crippen LogP contribution >= 0.6 is 11.8 Å². The molecule has 1 aliphatic heterocycles. The molecule has 9 heteroatoms. The Morgan fingerprint density at radius 2 is 1.86 bits per heavy atom. The van der Waals surface area contributed by atoms with Crippen LogP contribution in [-0.2, 0) is 17.9 Å². The monoisotopic (exact) mass is 400 g/mol. The molecule has 0 spiro atoms. The summed E-state index contributed by atoms with van der Waals surface area (Å²) in [7, 11) is 1.57. The zero-order valence-electron chi connectivity index (χ0n) is 15.0. The first-order chi connectivity index (χ1) is 13.7. The summed E-state index contributed by atoms with van der Waals surface area (Å²) in [5.41, 5.74) is 0.804. The molecule has 4 rings (SSSR count). The Kier molecular flexibility index (Phi) is 5.16. The fourth-order valence-electron chi connectivity index (χ4n) is 2.83. The van der Waals surface area contributed by atoms with E-state index < -0.39 is 0 Å². The van der Waals surface area contributed by atoms with Crippen LogP contribution in [0, 0.1) is 5.82 Å². The first kappa shape index (κ1) is 18.3. The summed E-state index contributed by atoms with van der Waals surface area (Å²) in [4.78, 5) is 12.5.